The number of imidazole rings is 1. The topological polar surface area (TPSA) is 196 Å². The van der Waals surface area contributed by atoms with Crippen LogP contribution >= 0.6 is 0 Å². The average Bonchev–Trinajstić information content (AvgIpc) is 3.31. The molecule has 12 heteroatoms. The molecule has 4 atom stereocenters. The second-order valence-electron chi connectivity index (χ2n) is 7.19. The van der Waals surface area contributed by atoms with Gasteiger partial charge in [0.25, 0.3) is 0 Å². The molecule has 164 valence electrons. The van der Waals surface area contributed by atoms with E-state index in [-0.39, 0.29) is 25.8 Å². The van der Waals surface area contributed by atoms with E-state index in [1.54, 1.807) is 0 Å². The minimum Gasteiger partial charge on any atom is -0.481 e. The number of ketones is 1. The maximum Gasteiger partial charge on any atom is 0.326 e. The Bertz CT molecular complexity index is 808. The van der Waals surface area contributed by atoms with E-state index >= 15 is 0 Å². The van der Waals surface area contributed by atoms with Crippen LogP contribution in [0.25, 0.3) is 0 Å². The molecule has 0 unspecified atom stereocenters. The summed E-state index contributed by atoms with van der Waals surface area (Å²) in [5.74, 6) is -5.51. The lowest BCUT2D eigenvalue weighted by Gasteiger charge is -2.25. The van der Waals surface area contributed by atoms with E-state index in [1.165, 1.54) is 19.4 Å². The van der Waals surface area contributed by atoms with E-state index in [4.69, 9.17) is 10.8 Å². The first kappa shape index (κ1) is 23.0. The van der Waals surface area contributed by atoms with Crippen LogP contribution in [0.15, 0.2) is 12.5 Å². The van der Waals surface area contributed by atoms with Gasteiger partial charge in [-0.3, -0.25) is 19.2 Å². The number of aliphatic carboxylic acids is 2. The summed E-state index contributed by atoms with van der Waals surface area (Å²) in [6.45, 7) is 1.46. The minimum atomic E-state index is -1.22. The summed E-state index contributed by atoms with van der Waals surface area (Å²) in [7, 11) is 0. The number of hydrogen-bond donors (Lipinski definition) is 5. The number of carboxylic acid groups (broad SMARTS) is 2. The average molecular weight is 423 g/mol. The Morgan fingerprint density at radius 2 is 2.07 bits per heavy atom. The Morgan fingerprint density at radius 1 is 1.37 bits per heavy atom. The lowest BCUT2D eigenvalue weighted by molar-refractivity contribution is -0.150. The number of nitrogens with zero attached hydrogens (tertiary/aromatic N) is 2. The van der Waals surface area contributed by atoms with Gasteiger partial charge in [-0.1, -0.05) is 0 Å². The number of rotatable bonds is 11. The fraction of sp³-hybridized carbons (Fsp3) is 0.556. The van der Waals surface area contributed by atoms with Crippen LogP contribution in [0.3, 0.4) is 0 Å². The zero-order chi connectivity index (χ0) is 22.4. The molecule has 0 spiro atoms. The largest absolute Gasteiger partial charge is 0.481 e. The maximum absolute atomic E-state index is 12.9. The number of amides is 2. The van der Waals surface area contributed by atoms with E-state index in [0.717, 1.165) is 4.90 Å². The molecule has 1 aromatic rings. The highest BCUT2D eigenvalue weighted by molar-refractivity contribution is 6.07. The number of aromatic nitrogens is 2. The van der Waals surface area contributed by atoms with Crippen LogP contribution in [0.4, 0.5) is 0 Å². The molecule has 2 amide bonds. The van der Waals surface area contributed by atoms with Crippen molar-refractivity contribution in [3.05, 3.63) is 18.2 Å². The second-order valence-corrected chi connectivity index (χ2v) is 7.19. The van der Waals surface area contributed by atoms with Gasteiger partial charge in [0.15, 0.2) is 5.78 Å². The molecule has 1 saturated heterocycles. The van der Waals surface area contributed by atoms with Crippen LogP contribution < -0.4 is 11.1 Å². The van der Waals surface area contributed by atoms with Gasteiger partial charge in [-0.15, -0.1) is 0 Å². The summed E-state index contributed by atoms with van der Waals surface area (Å²) in [6.07, 6.45) is 2.31. The molecule has 12 nitrogen and oxygen atoms in total. The molecule has 0 aliphatic carbocycles. The molecule has 2 rings (SSSR count). The first-order valence-electron chi connectivity index (χ1n) is 9.43. The van der Waals surface area contributed by atoms with E-state index in [0.29, 0.717) is 5.69 Å². The van der Waals surface area contributed by atoms with Crippen molar-refractivity contribution in [3.8, 4) is 0 Å². The van der Waals surface area contributed by atoms with Crippen molar-refractivity contribution >= 4 is 29.5 Å². The van der Waals surface area contributed by atoms with E-state index in [2.05, 4.69) is 15.3 Å². The fourth-order valence-electron chi connectivity index (χ4n) is 3.31. The highest BCUT2D eigenvalue weighted by Gasteiger charge is 2.44. The van der Waals surface area contributed by atoms with Crippen molar-refractivity contribution in [2.75, 3.05) is 6.54 Å². The third kappa shape index (κ3) is 5.63. The number of carbonyl (C=O) groups excluding carboxylic acids is 3. The van der Waals surface area contributed by atoms with Gasteiger partial charge in [-0.2, -0.15) is 0 Å². The number of H-pyrrole nitrogens is 1. The summed E-state index contributed by atoms with van der Waals surface area (Å²) in [4.78, 5) is 68.0. The molecule has 2 heterocycles. The Hall–Kier alpha value is -3.28. The van der Waals surface area contributed by atoms with Crippen molar-refractivity contribution in [3.63, 3.8) is 0 Å². The number of nitrogens with two attached hydrogens (primary N) is 1. The van der Waals surface area contributed by atoms with Crippen LogP contribution in [0, 0.1) is 5.92 Å². The number of carboxylic acids is 2. The lowest BCUT2D eigenvalue weighted by atomic mass is 9.93. The molecular formula is C18H25N5O7. The van der Waals surface area contributed by atoms with Crippen LogP contribution in [0.5, 0.6) is 0 Å². The van der Waals surface area contributed by atoms with Crippen molar-refractivity contribution < 1.29 is 34.2 Å². The fourth-order valence-corrected chi connectivity index (χ4v) is 3.31. The van der Waals surface area contributed by atoms with Gasteiger partial charge in [-0.05, 0) is 19.8 Å². The lowest BCUT2D eigenvalue weighted by Crippen LogP contribution is -2.51. The molecule has 1 fully saturated rings. The second kappa shape index (κ2) is 9.96. The maximum atomic E-state index is 12.9. The minimum absolute atomic E-state index is 0.00808. The summed E-state index contributed by atoms with van der Waals surface area (Å²) < 4.78 is 0. The smallest absolute Gasteiger partial charge is 0.326 e. The number of likely N-dealkylation sites (tertiary alicyclic amines) is 1. The molecule has 6 N–H and O–H groups in total. The quantitative estimate of drug-likeness (QED) is 0.264. The summed E-state index contributed by atoms with van der Waals surface area (Å²) in [5, 5.41) is 20.9. The molecule has 30 heavy (non-hydrogen) atoms. The number of nitrogens with one attached hydrogen (secondary N) is 2. The van der Waals surface area contributed by atoms with Gasteiger partial charge >= 0.3 is 11.9 Å². The predicted octanol–water partition coefficient (Wildman–Crippen LogP) is -1.48. The summed E-state index contributed by atoms with van der Waals surface area (Å²) >= 11 is 0. The Balaban J connectivity index is 2.15. The Kier molecular flexibility index (Phi) is 7.64. The summed E-state index contributed by atoms with van der Waals surface area (Å²) in [5.41, 5.74) is 6.01. The number of aromatic amines is 1. The standard InChI is InChI=1S/C18H25N5O7/c1-9(19)16(27)22-12(2-3-14(24)25)15(26)11-4-5-23(17(11)28)13(18(29)30)6-10-7-20-8-21-10/h7-9,11-13H,2-6,19H2,1H3,(H,20,21)(H,22,27)(H,24,25)(H,29,30)/t9-,11+,12-,13-/m0/s1. The molecule has 1 aliphatic heterocycles. The van der Waals surface area contributed by atoms with E-state index in [1.807, 2.05) is 0 Å². The number of carbonyl (C=O) groups is 5. The van der Waals surface area contributed by atoms with Crippen molar-refractivity contribution in [2.45, 2.75) is 50.7 Å². The monoisotopic (exact) mass is 423 g/mol. The van der Waals surface area contributed by atoms with Crippen molar-refractivity contribution in [1.29, 1.82) is 0 Å². The number of Topliss-reactive ketones (excluding diaryl/α,β-unsaturated/α-hetero) is 1. The molecule has 0 aromatic carbocycles. The molecular weight excluding hydrogens is 398 g/mol. The third-order valence-corrected chi connectivity index (χ3v) is 4.93. The highest BCUT2D eigenvalue weighted by atomic mass is 16.4. The molecule has 1 aliphatic rings. The highest BCUT2D eigenvalue weighted by Crippen LogP contribution is 2.25. The molecule has 1 aromatic heterocycles. The van der Waals surface area contributed by atoms with Gasteiger partial charge in [0.2, 0.25) is 11.8 Å². The van der Waals surface area contributed by atoms with Gasteiger partial charge in [0.05, 0.1) is 18.4 Å². The van der Waals surface area contributed by atoms with Crippen LogP contribution in [0.1, 0.15) is 31.9 Å². The van der Waals surface area contributed by atoms with Crippen LogP contribution in [-0.4, -0.2) is 79.3 Å². The van der Waals surface area contributed by atoms with Gasteiger partial charge in [0.1, 0.15) is 12.0 Å². The summed E-state index contributed by atoms with van der Waals surface area (Å²) in [6, 6.07) is -3.32. The van der Waals surface area contributed by atoms with Gasteiger partial charge in [0, 0.05) is 31.3 Å². The molecule has 0 bridgehead atoms. The first-order chi connectivity index (χ1) is 14.1. The number of hydrogen-bond acceptors (Lipinski definition) is 7. The SMILES string of the molecule is C[C@H](N)C(=O)N[C@@H](CCC(=O)O)C(=O)[C@H]1CCN([C@@H](Cc2cnc[nH]2)C(=O)O)C1=O. The first-order valence-corrected chi connectivity index (χ1v) is 9.43. The van der Waals surface area contributed by atoms with E-state index < -0.39 is 60.0 Å². The normalized spacial score (nSPS) is 19.2. The zero-order valence-electron chi connectivity index (χ0n) is 16.4. The van der Waals surface area contributed by atoms with Gasteiger partial charge < -0.3 is 31.1 Å². The molecule has 0 radical (unpaired) electrons. The van der Waals surface area contributed by atoms with E-state index in [9.17, 15) is 29.1 Å². The van der Waals surface area contributed by atoms with Crippen LogP contribution in [0.2, 0.25) is 0 Å². The predicted molar refractivity (Wildman–Crippen MR) is 101 cm³/mol. The third-order valence-electron chi connectivity index (χ3n) is 4.93. The molecule has 0 saturated carbocycles. The Labute approximate surface area is 171 Å². The zero-order valence-corrected chi connectivity index (χ0v) is 16.4. The van der Waals surface area contributed by atoms with Crippen molar-refractivity contribution in [2.24, 2.45) is 11.7 Å². The Morgan fingerprint density at radius 3 is 2.60 bits per heavy atom. The van der Waals surface area contributed by atoms with Gasteiger partial charge in [-0.25, -0.2) is 9.78 Å². The van der Waals surface area contributed by atoms with Crippen LogP contribution in [-0.2, 0) is 30.4 Å². The van der Waals surface area contributed by atoms with Crippen molar-refractivity contribution in [1.82, 2.24) is 20.2 Å².